The van der Waals surface area contributed by atoms with Crippen molar-refractivity contribution >= 4 is 18.3 Å². The van der Waals surface area contributed by atoms with Crippen molar-refractivity contribution in [1.82, 2.24) is 10.2 Å². The van der Waals surface area contributed by atoms with Gasteiger partial charge in [0.2, 0.25) is 5.91 Å². The largest absolute Gasteiger partial charge is 0.333 e. The smallest absolute Gasteiger partial charge is 0.255 e. The van der Waals surface area contributed by atoms with Crippen molar-refractivity contribution in [3.8, 4) is 0 Å². The van der Waals surface area contributed by atoms with Gasteiger partial charge in [-0.15, -0.1) is 12.4 Å². The fraction of sp³-hybridized carbons (Fsp3) is 0.611. The Morgan fingerprint density at radius 1 is 1.33 bits per heavy atom. The van der Waals surface area contributed by atoms with Crippen molar-refractivity contribution in [2.75, 3.05) is 19.6 Å². The third kappa shape index (κ3) is 6.73. The lowest BCUT2D eigenvalue weighted by molar-refractivity contribution is -0.135. The van der Waals surface area contributed by atoms with Gasteiger partial charge in [-0.3, -0.25) is 4.79 Å². The maximum atomic E-state index is 12.8. The Morgan fingerprint density at radius 3 is 2.62 bits per heavy atom. The van der Waals surface area contributed by atoms with Crippen molar-refractivity contribution in [3.63, 3.8) is 0 Å². The van der Waals surface area contributed by atoms with Crippen LogP contribution in [0.4, 0.5) is 8.78 Å². The molecule has 1 aromatic rings. The highest BCUT2D eigenvalue weighted by Gasteiger charge is 2.25. The summed E-state index contributed by atoms with van der Waals surface area (Å²) in [5, 5.41) is 3.35. The van der Waals surface area contributed by atoms with E-state index in [4.69, 9.17) is 0 Å². The second-order valence-electron chi connectivity index (χ2n) is 6.44. The normalized spacial score (nSPS) is 18.8. The van der Waals surface area contributed by atoms with Crippen LogP contribution in [-0.4, -0.2) is 36.9 Å². The second kappa shape index (κ2) is 10.6. The minimum absolute atomic E-state index is 0. The molecule has 1 aliphatic rings. The SMILES string of the molecule is CC(CC(=O)N(Cc1ccccc1)CC(F)F)C1CCCNC1.Cl. The first-order valence-corrected chi connectivity index (χ1v) is 8.37. The van der Waals surface area contributed by atoms with Gasteiger partial charge in [0, 0.05) is 13.0 Å². The molecule has 1 N–H and O–H groups in total. The van der Waals surface area contributed by atoms with Gasteiger partial charge in [0.15, 0.2) is 0 Å². The summed E-state index contributed by atoms with van der Waals surface area (Å²) in [6, 6.07) is 9.31. The van der Waals surface area contributed by atoms with E-state index in [1.165, 1.54) is 4.90 Å². The molecule has 2 atom stereocenters. The summed E-state index contributed by atoms with van der Waals surface area (Å²) in [6.45, 7) is 3.76. The van der Waals surface area contributed by atoms with Crippen LogP contribution in [0.3, 0.4) is 0 Å². The van der Waals surface area contributed by atoms with E-state index in [2.05, 4.69) is 12.2 Å². The van der Waals surface area contributed by atoms with E-state index in [9.17, 15) is 13.6 Å². The second-order valence-corrected chi connectivity index (χ2v) is 6.44. The molecule has 0 aliphatic carbocycles. The lowest BCUT2D eigenvalue weighted by Crippen LogP contribution is -2.38. The van der Waals surface area contributed by atoms with Gasteiger partial charge in [-0.2, -0.15) is 0 Å². The molecule has 1 saturated heterocycles. The quantitative estimate of drug-likeness (QED) is 0.803. The van der Waals surface area contributed by atoms with Crippen LogP contribution < -0.4 is 5.32 Å². The Labute approximate surface area is 149 Å². The Kier molecular flexibility index (Phi) is 9.22. The molecule has 1 fully saturated rings. The van der Waals surface area contributed by atoms with Gasteiger partial charge in [0.25, 0.3) is 6.43 Å². The van der Waals surface area contributed by atoms with E-state index >= 15 is 0 Å². The number of benzene rings is 1. The summed E-state index contributed by atoms with van der Waals surface area (Å²) in [6.07, 6.45) is 0.0591. The van der Waals surface area contributed by atoms with Crippen LogP contribution in [0.25, 0.3) is 0 Å². The molecule has 24 heavy (non-hydrogen) atoms. The molecule has 136 valence electrons. The number of alkyl halides is 2. The maximum absolute atomic E-state index is 12.8. The van der Waals surface area contributed by atoms with Crippen LogP contribution in [0.2, 0.25) is 0 Å². The first-order valence-electron chi connectivity index (χ1n) is 8.37. The molecule has 0 saturated carbocycles. The van der Waals surface area contributed by atoms with Gasteiger partial charge in [0.05, 0.1) is 6.54 Å². The van der Waals surface area contributed by atoms with E-state index in [0.29, 0.717) is 12.3 Å². The third-order valence-corrected chi connectivity index (χ3v) is 4.56. The zero-order chi connectivity index (χ0) is 16.7. The number of hydrogen-bond acceptors (Lipinski definition) is 2. The fourth-order valence-corrected chi connectivity index (χ4v) is 3.16. The van der Waals surface area contributed by atoms with Crippen molar-refractivity contribution in [1.29, 1.82) is 0 Å². The number of amides is 1. The van der Waals surface area contributed by atoms with Gasteiger partial charge in [-0.25, -0.2) is 8.78 Å². The van der Waals surface area contributed by atoms with Crippen molar-refractivity contribution in [2.24, 2.45) is 11.8 Å². The Morgan fingerprint density at radius 2 is 2.04 bits per heavy atom. The minimum atomic E-state index is -2.51. The van der Waals surface area contributed by atoms with Crippen molar-refractivity contribution in [2.45, 2.75) is 39.2 Å². The molecular weight excluding hydrogens is 334 g/mol. The number of nitrogens with zero attached hydrogens (tertiary/aromatic N) is 1. The number of carbonyl (C=O) groups is 1. The lowest BCUT2D eigenvalue weighted by atomic mass is 9.85. The fourth-order valence-electron chi connectivity index (χ4n) is 3.16. The first kappa shape index (κ1) is 20.8. The molecule has 0 spiro atoms. The number of rotatable bonds is 7. The van der Waals surface area contributed by atoms with E-state index < -0.39 is 13.0 Å². The highest BCUT2D eigenvalue weighted by atomic mass is 35.5. The van der Waals surface area contributed by atoms with Gasteiger partial charge in [0.1, 0.15) is 0 Å². The first-order chi connectivity index (χ1) is 11.1. The molecule has 1 heterocycles. The van der Waals surface area contributed by atoms with Crippen LogP contribution in [0.15, 0.2) is 30.3 Å². The molecule has 0 aromatic heterocycles. The monoisotopic (exact) mass is 360 g/mol. The number of nitrogens with one attached hydrogen (secondary N) is 1. The Hall–Kier alpha value is -1.20. The van der Waals surface area contributed by atoms with Crippen LogP contribution in [0, 0.1) is 11.8 Å². The topological polar surface area (TPSA) is 32.3 Å². The molecule has 3 nitrogen and oxygen atoms in total. The molecule has 6 heteroatoms. The molecule has 2 unspecified atom stereocenters. The zero-order valence-corrected chi connectivity index (χ0v) is 14.9. The summed E-state index contributed by atoms with van der Waals surface area (Å²) < 4.78 is 25.7. The maximum Gasteiger partial charge on any atom is 0.255 e. The average molecular weight is 361 g/mol. The third-order valence-electron chi connectivity index (χ3n) is 4.56. The van der Waals surface area contributed by atoms with Crippen LogP contribution in [0.1, 0.15) is 31.7 Å². The molecule has 1 aliphatic heterocycles. The predicted molar refractivity (Wildman–Crippen MR) is 94.5 cm³/mol. The summed E-state index contributed by atoms with van der Waals surface area (Å²) in [7, 11) is 0. The van der Waals surface area contributed by atoms with Crippen LogP contribution in [-0.2, 0) is 11.3 Å². The number of hydrogen-bond donors (Lipinski definition) is 1. The van der Waals surface area contributed by atoms with Gasteiger partial charge >= 0.3 is 0 Å². The van der Waals surface area contributed by atoms with E-state index in [-0.39, 0.29) is 30.8 Å². The van der Waals surface area contributed by atoms with Gasteiger partial charge in [-0.1, -0.05) is 37.3 Å². The minimum Gasteiger partial charge on any atom is -0.333 e. The van der Waals surface area contributed by atoms with Crippen molar-refractivity contribution < 1.29 is 13.6 Å². The molecule has 0 bridgehead atoms. The summed E-state index contributed by atoms with van der Waals surface area (Å²) in [5.74, 6) is 0.497. The number of piperidine rings is 1. The highest BCUT2D eigenvalue weighted by Crippen LogP contribution is 2.23. The highest BCUT2D eigenvalue weighted by molar-refractivity contribution is 5.85. The standard InChI is InChI=1S/C18H26F2N2O.ClH/c1-14(16-8-5-9-21-11-16)10-18(23)22(13-17(19)20)12-15-6-3-2-4-7-15;/h2-4,6-7,14,16-17,21H,5,8-13H2,1H3;1H. The molecule has 0 radical (unpaired) electrons. The Bertz CT molecular complexity index is 481. The van der Waals surface area contributed by atoms with Crippen LogP contribution in [0.5, 0.6) is 0 Å². The summed E-state index contributed by atoms with van der Waals surface area (Å²) in [5.41, 5.74) is 0.883. The molecule has 2 rings (SSSR count). The Balaban J connectivity index is 0.00000288. The van der Waals surface area contributed by atoms with Gasteiger partial charge < -0.3 is 10.2 Å². The van der Waals surface area contributed by atoms with E-state index in [0.717, 1.165) is 31.5 Å². The molecule has 1 aromatic carbocycles. The number of carbonyl (C=O) groups excluding carboxylic acids is 1. The predicted octanol–water partition coefficient (Wildman–Crippen LogP) is 3.73. The van der Waals surface area contributed by atoms with Crippen LogP contribution >= 0.6 is 12.4 Å². The zero-order valence-electron chi connectivity index (χ0n) is 14.1. The lowest BCUT2D eigenvalue weighted by Gasteiger charge is -2.30. The average Bonchev–Trinajstić information content (AvgIpc) is 2.55. The van der Waals surface area contributed by atoms with E-state index in [1.807, 2.05) is 30.3 Å². The molecule has 1 amide bonds. The molecular formula is C18H27ClF2N2O. The van der Waals surface area contributed by atoms with Gasteiger partial charge in [-0.05, 0) is 43.3 Å². The van der Waals surface area contributed by atoms with Crippen molar-refractivity contribution in [3.05, 3.63) is 35.9 Å². The number of halogens is 3. The van der Waals surface area contributed by atoms with E-state index in [1.54, 1.807) is 0 Å². The summed E-state index contributed by atoms with van der Waals surface area (Å²) >= 11 is 0. The summed E-state index contributed by atoms with van der Waals surface area (Å²) in [4.78, 5) is 13.8.